The molecule has 0 radical (unpaired) electrons. The third kappa shape index (κ3) is 5.36. The van der Waals surface area contributed by atoms with Crippen molar-refractivity contribution in [1.29, 1.82) is 5.26 Å². The summed E-state index contributed by atoms with van der Waals surface area (Å²) in [6, 6.07) is 8.41. The number of hydrogen-bond acceptors (Lipinski definition) is 8. The summed E-state index contributed by atoms with van der Waals surface area (Å²) in [5, 5.41) is 13.6. The van der Waals surface area contributed by atoms with E-state index in [1.165, 1.54) is 18.4 Å². The first-order valence-corrected chi connectivity index (χ1v) is 8.75. The van der Waals surface area contributed by atoms with Gasteiger partial charge in [-0.2, -0.15) is 5.26 Å². The third-order valence-corrected chi connectivity index (χ3v) is 4.48. The second-order valence-electron chi connectivity index (χ2n) is 5.40. The minimum atomic E-state index is -1.08. The number of amides is 1. The van der Waals surface area contributed by atoms with Gasteiger partial charge < -0.3 is 14.8 Å². The number of esters is 1. The molecular formula is C18H17N3O5S. The molecule has 0 bridgehead atoms. The van der Waals surface area contributed by atoms with Crippen molar-refractivity contribution in [3.63, 3.8) is 0 Å². The number of ether oxygens (including phenoxy) is 2. The SMILES string of the molecule is COc1ccccc1C(=O)NCC(=O)OCC(=O)C(C#N)c1nc(C)cs1. The monoisotopic (exact) mass is 387 g/mol. The molecule has 27 heavy (non-hydrogen) atoms. The fraction of sp³-hybridized carbons (Fsp3) is 0.278. The van der Waals surface area contributed by atoms with Crippen LogP contribution in [0.3, 0.4) is 0 Å². The minimum absolute atomic E-state index is 0.271. The van der Waals surface area contributed by atoms with E-state index in [1.54, 1.807) is 36.6 Å². The Kier molecular flexibility index (Phi) is 7.02. The molecule has 1 atom stereocenters. The molecule has 0 aliphatic rings. The summed E-state index contributed by atoms with van der Waals surface area (Å²) in [6.45, 7) is 0.765. The number of Topliss-reactive ketones (excluding diaryl/α,β-unsaturated/α-hetero) is 1. The first-order chi connectivity index (χ1) is 13.0. The van der Waals surface area contributed by atoms with Crippen molar-refractivity contribution in [3.8, 4) is 11.8 Å². The van der Waals surface area contributed by atoms with Crippen LogP contribution in [0.1, 0.15) is 27.0 Å². The maximum absolute atomic E-state index is 12.1. The molecule has 1 heterocycles. The number of nitriles is 1. The van der Waals surface area contributed by atoms with E-state index in [2.05, 4.69) is 10.3 Å². The van der Waals surface area contributed by atoms with Gasteiger partial charge in [0.1, 0.15) is 17.3 Å². The van der Waals surface area contributed by atoms with E-state index in [0.29, 0.717) is 16.5 Å². The number of nitrogens with zero attached hydrogens (tertiary/aromatic N) is 2. The van der Waals surface area contributed by atoms with Gasteiger partial charge in [-0.25, -0.2) is 4.98 Å². The third-order valence-electron chi connectivity index (χ3n) is 3.46. The molecule has 1 unspecified atom stereocenters. The van der Waals surface area contributed by atoms with E-state index in [1.807, 2.05) is 6.07 Å². The van der Waals surface area contributed by atoms with E-state index >= 15 is 0 Å². The Balaban J connectivity index is 1.84. The van der Waals surface area contributed by atoms with Gasteiger partial charge in [-0.1, -0.05) is 12.1 Å². The zero-order chi connectivity index (χ0) is 19.8. The molecule has 1 aromatic carbocycles. The van der Waals surface area contributed by atoms with E-state index < -0.39 is 36.7 Å². The van der Waals surface area contributed by atoms with Gasteiger partial charge in [0, 0.05) is 11.1 Å². The first kappa shape index (κ1) is 20.1. The van der Waals surface area contributed by atoms with Crippen LogP contribution in [0.15, 0.2) is 29.6 Å². The van der Waals surface area contributed by atoms with Crippen molar-refractivity contribution in [2.75, 3.05) is 20.3 Å². The number of benzene rings is 1. The summed E-state index contributed by atoms with van der Waals surface area (Å²) in [4.78, 5) is 40.1. The Hall–Kier alpha value is -3.25. The molecule has 8 nitrogen and oxygen atoms in total. The molecule has 0 saturated carbocycles. The van der Waals surface area contributed by atoms with Crippen LogP contribution in [0.2, 0.25) is 0 Å². The fourth-order valence-corrected chi connectivity index (χ4v) is 3.00. The molecule has 1 N–H and O–H groups in total. The van der Waals surface area contributed by atoms with E-state index in [4.69, 9.17) is 14.7 Å². The van der Waals surface area contributed by atoms with Gasteiger partial charge in [-0.05, 0) is 19.1 Å². The number of rotatable bonds is 8. The van der Waals surface area contributed by atoms with Crippen molar-refractivity contribution < 1.29 is 23.9 Å². The van der Waals surface area contributed by atoms with Crippen LogP contribution < -0.4 is 10.1 Å². The minimum Gasteiger partial charge on any atom is -0.496 e. The molecular weight excluding hydrogens is 370 g/mol. The number of para-hydroxylation sites is 1. The molecule has 2 aromatic rings. The van der Waals surface area contributed by atoms with Crippen molar-refractivity contribution in [1.82, 2.24) is 10.3 Å². The Morgan fingerprint density at radius 2 is 2.07 bits per heavy atom. The Bertz CT molecular complexity index is 887. The summed E-state index contributed by atoms with van der Waals surface area (Å²) < 4.78 is 9.93. The van der Waals surface area contributed by atoms with Crippen LogP contribution in [0.25, 0.3) is 0 Å². The maximum atomic E-state index is 12.1. The number of ketones is 1. The largest absolute Gasteiger partial charge is 0.496 e. The highest BCUT2D eigenvalue weighted by atomic mass is 32.1. The van der Waals surface area contributed by atoms with Crippen LogP contribution in [0.5, 0.6) is 5.75 Å². The predicted octanol–water partition coefficient (Wildman–Crippen LogP) is 1.61. The second kappa shape index (κ2) is 9.45. The van der Waals surface area contributed by atoms with Gasteiger partial charge >= 0.3 is 5.97 Å². The summed E-state index contributed by atoms with van der Waals surface area (Å²) >= 11 is 1.20. The highest BCUT2D eigenvalue weighted by molar-refractivity contribution is 7.09. The number of carbonyl (C=O) groups is 3. The lowest BCUT2D eigenvalue weighted by Gasteiger charge is -2.09. The summed E-state index contributed by atoms with van der Waals surface area (Å²) in [5.74, 6) is -2.59. The molecule has 0 fully saturated rings. The van der Waals surface area contributed by atoms with E-state index in [0.717, 1.165) is 0 Å². The predicted molar refractivity (Wildman–Crippen MR) is 96.5 cm³/mol. The van der Waals surface area contributed by atoms with Gasteiger partial charge in [-0.15, -0.1) is 11.3 Å². The number of aryl methyl sites for hydroxylation is 1. The second-order valence-corrected chi connectivity index (χ2v) is 6.29. The van der Waals surface area contributed by atoms with Gasteiger partial charge in [0.2, 0.25) is 0 Å². The summed E-state index contributed by atoms with van der Waals surface area (Å²) in [7, 11) is 1.43. The van der Waals surface area contributed by atoms with Crippen molar-refractivity contribution >= 4 is 29.0 Å². The topological polar surface area (TPSA) is 118 Å². The lowest BCUT2D eigenvalue weighted by molar-refractivity contribution is -0.146. The van der Waals surface area contributed by atoms with E-state index in [-0.39, 0.29) is 5.56 Å². The smallest absolute Gasteiger partial charge is 0.325 e. The van der Waals surface area contributed by atoms with Crippen molar-refractivity contribution in [3.05, 3.63) is 45.9 Å². The quantitative estimate of drug-likeness (QED) is 0.684. The molecule has 9 heteroatoms. The molecule has 0 aliphatic carbocycles. The Morgan fingerprint density at radius 3 is 2.70 bits per heavy atom. The van der Waals surface area contributed by atoms with Gasteiger partial charge in [0.15, 0.2) is 18.3 Å². The van der Waals surface area contributed by atoms with Crippen molar-refractivity contribution in [2.24, 2.45) is 0 Å². The highest BCUT2D eigenvalue weighted by Crippen LogP contribution is 2.20. The maximum Gasteiger partial charge on any atom is 0.325 e. The molecule has 0 aliphatic heterocycles. The van der Waals surface area contributed by atoms with Gasteiger partial charge in [0.05, 0.1) is 18.7 Å². The van der Waals surface area contributed by atoms with Gasteiger partial charge in [0.25, 0.3) is 5.91 Å². The first-order valence-electron chi connectivity index (χ1n) is 7.87. The summed E-state index contributed by atoms with van der Waals surface area (Å²) in [5.41, 5.74) is 0.978. The molecule has 0 spiro atoms. The molecule has 0 saturated heterocycles. The molecule has 1 aromatic heterocycles. The number of hydrogen-bond donors (Lipinski definition) is 1. The number of thiazole rings is 1. The van der Waals surface area contributed by atoms with Crippen LogP contribution in [0, 0.1) is 18.3 Å². The average Bonchev–Trinajstić information content (AvgIpc) is 3.10. The van der Waals surface area contributed by atoms with Crippen LogP contribution in [-0.4, -0.2) is 42.9 Å². The summed E-state index contributed by atoms with van der Waals surface area (Å²) in [6.07, 6.45) is 0. The highest BCUT2D eigenvalue weighted by Gasteiger charge is 2.24. The molecule has 140 valence electrons. The lowest BCUT2D eigenvalue weighted by atomic mass is 10.1. The fourth-order valence-electron chi connectivity index (χ4n) is 2.14. The average molecular weight is 387 g/mol. The normalized spacial score (nSPS) is 11.1. The number of carbonyl (C=O) groups excluding carboxylic acids is 3. The van der Waals surface area contributed by atoms with Crippen LogP contribution in [-0.2, 0) is 14.3 Å². The lowest BCUT2D eigenvalue weighted by Crippen LogP contribution is -2.32. The Labute approximate surface area is 159 Å². The number of aromatic nitrogens is 1. The van der Waals surface area contributed by atoms with Crippen LogP contribution >= 0.6 is 11.3 Å². The standard InChI is InChI=1S/C18H17N3O5S/c1-11-10-27-18(21-11)13(7-19)14(22)9-26-16(23)8-20-17(24)12-5-3-4-6-15(12)25-2/h3-6,10,13H,8-9H2,1-2H3,(H,20,24). The zero-order valence-electron chi connectivity index (χ0n) is 14.7. The molecule has 1 amide bonds. The number of nitrogens with one attached hydrogen (secondary N) is 1. The molecule has 2 rings (SSSR count). The van der Waals surface area contributed by atoms with E-state index in [9.17, 15) is 14.4 Å². The number of methoxy groups -OCH3 is 1. The Morgan fingerprint density at radius 1 is 1.33 bits per heavy atom. The van der Waals surface area contributed by atoms with Crippen LogP contribution in [0.4, 0.5) is 0 Å². The van der Waals surface area contributed by atoms with Gasteiger partial charge in [-0.3, -0.25) is 14.4 Å². The van der Waals surface area contributed by atoms with Crippen molar-refractivity contribution in [2.45, 2.75) is 12.8 Å². The zero-order valence-corrected chi connectivity index (χ0v) is 15.5.